The van der Waals surface area contributed by atoms with Crippen molar-refractivity contribution in [2.24, 2.45) is 5.92 Å². The second-order valence-electron chi connectivity index (χ2n) is 18.6. The van der Waals surface area contributed by atoms with E-state index in [1.165, 1.54) is 4.90 Å². The highest BCUT2D eigenvalue weighted by Crippen LogP contribution is 2.46. The Hall–Kier alpha value is -5.55. The first-order valence-electron chi connectivity index (χ1n) is 22.2. The molecular formula is C46H55N7O9S. The third-order valence-corrected chi connectivity index (χ3v) is 14.7. The molecule has 334 valence electrons. The number of urea groups is 1. The number of rotatable bonds is 7. The van der Waals surface area contributed by atoms with Gasteiger partial charge in [-0.1, -0.05) is 82.2 Å². The normalized spacial score (nSPS) is 26.0. The zero-order chi connectivity index (χ0) is 44.1. The van der Waals surface area contributed by atoms with Crippen LogP contribution >= 0.6 is 0 Å². The van der Waals surface area contributed by atoms with Crippen molar-refractivity contribution in [1.29, 1.82) is 0 Å². The summed E-state index contributed by atoms with van der Waals surface area (Å²) < 4.78 is 46.7. The maximum absolute atomic E-state index is 14.9. The number of furan rings is 1. The van der Waals surface area contributed by atoms with Crippen molar-refractivity contribution in [3.63, 3.8) is 0 Å². The maximum Gasteiger partial charge on any atom is 0.318 e. The molecule has 0 unspecified atom stereocenters. The Morgan fingerprint density at radius 3 is 2.48 bits per heavy atom. The Morgan fingerprint density at radius 2 is 1.73 bits per heavy atom. The number of hydrogen-bond donors (Lipinski definition) is 3. The van der Waals surface area contributed by atoms with E-state index in [1.54, 1.807) is 4.90 Å². The number of aromatic nitrogens is 2. The molecule has 9 rings (SSSR count). The quantitative estimate of drug-likeness (QED) is 0.209. The first-order valence-corrected chi connectivity index (χ1v) is 23.7. The van der Waals surface area contributed by atoms with Crippen LogP contribution in [0.2, 0.25) is 0 Å². The molecule has 5 heterocycles. The predicted molar refractivity (Wildman–Crippen MR) is 234 cm³/mol. The monoisotopic (exact) mass is 881 g/mol. The van der Waals surface area contributed by atoms with Gasteiger partial charge < -0.3 is 34.3 Å². The fraction of sp³-hybridized carbons (Fsp3) is 0.522. The number of para-hydroxylation sites is 1. The van der Waals surface area contributed by atoms with Gasteiger partial charge in [-0.25, -0.2) is 18.2 Å². The molecular weight excluding hydrogens is 827 g/mol. The number of carbonyl (C=O) groups is 4. The van der Waals surface area contributed by atoms with Crippen LogP contribution in [0.5, 0.6) is 5.88 Å². The topological polar surface area (TPSA) is 202 Å². The van der Waals surface area contributed by atoms with E-state index in [-0.39, 0.29) is 30.7 Å². The molecule has 17 heteroatoms. The lowest BCUT2D eigenvalue weighted by Crippen LogP contribution is -2.59. The van der Waals surface area contributed by atoms with Crippen LogP contribution in [0.4, 0.5) is 4.79 Å². The lowest BCUT2D eigenvalue weighted by atomic mass is 9.87. The summed E-state index contributed by atoms with van der Waals surface area (Å²) in [5.41, 5.74) is 1.74. The largest absolute Gasteiger partial charge is 0.470 e. The van der Waals surface area contributed by atoms with Crippen LogP contribution in [0.25, 0.3) is 33.5 Å². The van der Waals surface area contributed by atoms with Crippen LogP contribution in [0.1, 0.15) is 84.1 Å². The summed E-state index contributed by atoms with van der Waals surface area (Å²) in [5, 5.41) is 6.02. The summed E-state index contributed by atoms with van der Waals surface area (Å²) in [6.07, 6.45) is 7.41. The van der Waals surface area contributed by atoms with E-state index in [9.17, 15) is 27.6 Å². The van der Waals surface area contributed by atoms with Gasteiger partial charge in [0.05, 0.1) is 25.0 Å². The molecule has 5 aliphatic rings. The van der Waals surface area contributed by atoms with E-state index in [0.717, 1.165) is 29.4 Å². The number of amides is 5. The lowest BCUT2D eigenvalue weighted by Gasteiger charge is -2.32. The molecule has 0 radical (unpaired) electrons. The maximum atomic E-state index is 14.9. The summed E-state index contributed by atoms with van der Waals surface area (Å²) in [6.45, 7) is 7.90. The number of nitrogens with zero attached hydrogens (tertiary/aromatic N) is 4. The number of carbonyl (C=O) groups excluding carboxylic acids is 4. The highest BCUT2D eigenvalue weighted by molar-refractivity contribution is 7.91. The van der Waals surface area contributed by atoms with Crippen LogP contribution in [0.3, 0.4) is 0 Å². The van der Waals surface area contributed by atoms with Crippen molar-refractivity contribution in [2.45, 2.75) is 113 Å². The molecule has 5 atom stereocenters. The number of morpholine rings is 1. The molecule has 63 heavy (non-hydrogen) atoms. The number of sulfonamides is 1. The van der Waals surface area contributed by atoms with Gasteiger partial charge in [0.1, 0.15) is 34.8 Å². The second-order valence-corrected chi connectivity index (χ2v) is 20.5. The Kier molecular flexibility index (Phi) is 11.4. The van der Waals surface area contributed by atoms with Gasteiger partial charge >= 0.3 is 6.03 Å². The van der Waals surface area contributed by atoms with Crippen LogP contribution < -0.4 is 20.1 Å². The third kappa shape index (κ3) is 8.86. The van der Waals surface area contributed by atoms with E-state index in [4.69, 9.17) is 23.9 Å². The molecule has 3 aliphatic heterocycles. The number of fused-ring (bicyclic) bond motifs is 5. The van der Waals surface area contributed by atoms with Crippen LogP contribution in [-0.4, -0.2) is 114 Å². The minimum atomic E-state index is -3.92. The Balaban J connectivity index is 1.06. The molecule has 0 bridgehead atoms. The molecule has 2 aliphatic carbocycles. The second kappa shape index (κ2) is 16.9. The van der Waals surface area contributed by atoms with Gasteiger partial charge in [0.25, 0.3) is 11.8 Å². The van der Waals surface area contributed by atoms with E-state index in [1.807, 2.05) is 60.7 Å². The van der Waals surface area contributed by atoms with Gasteiger partial charge in [-0.05, 0) is 61.6 Å². The van der Waals surface area contributed by atoms with Gasteiger partial charge in [0.2, 0.25) is 27.4 Å². The van der Waals surface area contributed by atoms with Crippen molar-refractivity contribution in [1.82, 2.24) is 35.1 Å². The van der Waals surface area contributed by atoms with Crippen LogP contribution in [-0.2, 0) is 34.6 Å². The van der Waals surface area contributed by atoms with Gasteiger partial charge in [-0.2, -0.15) is 4.98 Å². The lowest BCUT2D eigenvalue weighted by molar-refractivity contribution is -0.141. The van der Waals surface area contributed by atoms with E-state index in [2.05, 4.69) is 36.1 Å². The average Bonchev–Trinajstić information content (AvgIpc) is 4.17. The number of hydrogen-bond acceptors (Lipinski definition) is 11. The Morgan fingerprint density at radius 1 is 0.968 bits per heavy atom. The molecule has 2 saturated heterocycles. The Labute approximate surface area is 366 Å². The highest BCUT2D eigenvalue weighted by Gasteiger charge is 2.62. The van der Waals surface area contributed by atoms with Crippen molar-refractivity contribution in [3.8, 4) is 17.3 Å². The van der Waals surface area contributed by atoms with Crippen molar-refractivity contribution < 1.29 is 41.5 Å². The summed E-state index contributed by atoms with van der Waals surface area (Å²) >= 11 is 0. The fourth-order valence-electron chi connectivity index (χ4n) is 8.91. The molecule has 16 nitrogen and oxygen atoms in total. The Bertz CT molecular complexity index is 2560. The molecule has 4 aromatic rings. The van der Waals surface area contributed by atoms with Gasteiger partial charge in [0, 0.05) is 36.4 Å². The third-order valence-electron chi connectivity index (χ3n) is 12.9. The standard InChI is InChI=1S/C46H55N7O9S/c1-45(2,3)29-17-15-28(16-18-29)39-48-37-33-12-9-10-14-36(33)62-38(37)41(49-39)61-31-25-35-40(54)50-46(43(56)51-63(58,59)32-19-20-32)26-30(46)11-7-5-4-6-8-13-34(42(55)53(35)27-31)47-44(57)52-21-23-60-24-22-52/h7,9-12,14-18,30-32,34-35H,4-6,8,13,19-27H2,1-3H3,(H,47,57)(H,50,54)(H,51,56)/t30-,31-,34+,35+,46-/m1/s1. The number of benzene rings is 2. The van der Waals surface area contributed by atoms with Crippen LogP contribution in [0, 0.1) is 5.92 Å². The molecule has 2 aromatic carbocycles. The minimum Gasteiger partial charge on any atom is -0.470 e. The molecule has 3 N–H and O–H groups in total. The van der Waals surface area contributed by atoms with E-state index < -0.39 is 68.7 Å². The summed E-state index contributed by atoms with van der Waals surface area (Å²) in [6, 6.07) is 13.0. The van der Waals surface area contributed by atoms with Gasteiger partial charge in [0.15, 0.2) is 5.82 Å². The SMILES string of the molecule is CC(C)(C)c1ccc(-c2nc(O[C@@H]3C[C@H]4C(=O)N[C@]5(C(=O)NS(=O)(=O)C6CC6)C[C@H]5C=CCCCCC[C@H](NC(=O)N5CCOCC5)C(=O)N4C3)c3oc4ccccc4c3n2)cc1. The van der Waals surface area contributed by atoms with Crippen LogP contribution in [0.15, 0.2) is 65.1 Å². The highest BCUT2D eigenvalue weighted by atomic mass is 32.2. The smallest absolute Gasteiger partial charge is 0.318 e. The zero-order valence-electron chi connectivity index (χ0n) is 35.9. The van der Waals surface area contributed by atoms with Gasteiger partial charge in [-0.15, -0.1) is 0 Å². The number of ether oxygens (including phenoxy) is 2. The van der Waals surface area contributed by atoms with E-state index in [0.29, 0.717) is 80.9 Å². The minimum absolute atomic E-state index is 0.00161. The van der Waals surface area contributed by atoms with Crippen molar-refractivity contribution >= 4 is 55.8 Å². The first-order chi connectivity index (χ1) is 30.2. The average molecular weight is 882 g/mol. The van der Waals surface area contributed by atoms with Crippen molar-refractivity contribution in [2.75, 3.05) is 32.8 Å². The summed E-state index contributed by atoms with van der Waals surface area (Å²) in [4.78, 5) is 70.0. The molecule has 4 fully saturated rings. The molecule has 2 aromatic heterocycles. The summed E-state index contributed by atoms with van der Waals surface area (Å²) in [5.74, 6) is -1.80. The predicted octanol–water partition coefficient (Wildman–Crippen LogP) is 5.10. The van der Waals surface area contributed by atoms with Gasteiger partial charge in [-0.3, -0.25) is 19.1 Å². The molecule has 2 saturated carbocycles. The summed E-state index contributed by atoms with van der Waals surface area (Å²) in [7, 11) is -3.92. The fourth-order valence-corrected chi connectivity index (χ4v) is 10.3. The van der Waals surface area contributed by atoms with Crippen molar-refractivity contribution in [3.05, 3.63) is 66.2 Å². The number of allylic oxidation sites excluding steroid dienone is 1. The number of nitrogens with one attached hydrogen (secondary N) is 3. The van der Waals surface area contributed by atoms with E-state index >= 15 is 0 Å². The zero-order valence-corrected chi connectivity index (χ0v) is 36.7. The molecule has 5 amide bonds. The molecule has 0 spiro atoms. The first kappa shape index (κ1) is 42.7.